The van der Waals surface area contributed by atoms with Crippen molar-refractivity contribution in [1.29, 1.82) is 0 Å². The van der Waals surface area contributed by atoms with Crippen molar-refractivity contribution < 1.29 is 23.5 Å². The van der Waals surface area contributed by atoms with Crippen LogP contribution in [0.1, 0.15) is 18.8 Å². The molecule has 0 radical (unpaired) electrons. The van der Waals surface area contributed by atoms with E-state index in [-0.39, 0.29) is 12.5 Å². The Bertz CT molecular complexity index is 366. The van der Waals surface area contributed by atoms with E-state index in [0.29, 0.717) is 11.4 Å². The molecule has 7 heteroatoms. The summed E-state index contributed by atoms with van der Waals surface area (Å²) in [5.74, 6) is 0.335. The number of hydrogen-bond acceptors (Lipinski definition) is 5. The van der Waals surface area contributed by atoms with Crippen LogP contribution in [-0.2, 0) is 14.1 Å². The SMILES string of the molecule is CC(=O)Nc1coc([C@@H]2COB(O)O2)c1. The molecule has 15 heavy (non-hydrogen) atoms. The van der Waals surface area contributed by atoms with E-state index in [0.717, 1.165) is 0 Å². The van der Waals surface area contributed by atoms with Crippen LogP contribution in [0.15, 0.2) is 16.7 Å². The van der Waals surface area contributed by atoms with E-state index in [1.807, 2.05) is 0 Å². The number of carbonyl (C=O) groups is 1. The number of amides is 1. The summed E-state index contributed by atoms with van der Waals surface area (Å²) in [6, 6.07) is 1.63. The Morgan fingerprint density at radius 3 is 3.13 bits per heavy atom. The van der Waals surface area contributed by atoms with Gasteiger partial charge in [-0.3, -0.25) is 4.79 Å². The molecule has 2 rings (SSSR count). The zero-order valence-corrected chi connectivity index (χ0v) is 8.10. The monoisotopic (exact) mass is 211 g/mol. The van der Waals surface area contributed by atoms with Crippen molar-refractivity contribution in [3.05, 3.63) is 18.1 Å². The fraction of sp³-hybridized carbons (Fsp3) is 0.375. The summed E-state index contributed by atoms with van der Waals surface area (Å²) in [4.78, 5) is 10.7. The van der Waals surface area contributed by atoms with Gasteiger partial charge >= 0.3 is 7.32 Å². The molecule has 1 fully saturated rings. The number of anilines is 1. The zero-order chi connectivity index (χ0) is 10.8. The van der Waals surface area contributed by atoms with Gasteiger partial charge in [0, 0.05) is 13.0 Å². The van der Waals surface area contributed by atoms with Crippen molar-refractivity contribution in [1.82, 2.24) is 0 Å². The second-order valence-corrected chi connectivity index (χ2v) is 3.18. The first-order valence-electron chi connectivity index (χ1n) is 4.46. The van der Waals surface area contributed by atoms with Crippen molar-refractivity contribution in [2.24, 2.45) is 0 Å². The third-order valence-electron chi connectivity index (χ3n) is 1.93. The standard InChI is InChI=1S/C8H10BNO5/c1-5(11)10-6-2-7(13-3-6)8-4-14-9(12)15-8/h2-3,8,12H,4H2,1H3,(H,10,11)/t8-/m0/s1. The maximum Gasteiger partial charge on any atom is 0.637 e. The number of hydrogen-bond donors (Lipinski definition) is 2. The largest absolute Gasteiger partial charge is 0.637 e. The molecule has 1 aromatic heterocycles. The Morgan fingerprint density at radius 1 is 1.73 bits per heavy atom. The molecule has 2 heterocycles. The molecular weight excluding hydrogens is 201 g/mol. The van der Waals surface area contributed by atoms with E-state index in [9.17, 15) is 4.79 Å². The second-order valence-electron chi connectivity index (χ2n) is 3.18. The van der Waals surface area contributed by atoms with Gasteiger partial charge in [0.25, 0.3) is 0 Å². The molecule has 1 atom stereocenters. The molecule has 0 unspecified atom stereocenters. The van der Waals surface area contributed by atoms with Gasteiger partial charge in [-0.15, -0.1) is 0 Å². The first kappa shape index (κ1) is 10.2. The number of furan rings is 1. The van der Waals surface area contributed by atoms with Gasteiger partial charge in [0.1, 0.15) is 18.1 Å². The molecule has 1 aliphatic rings. The number of nitrogens with one attached hydrogen (secondary N) is 1. The van der Waals surface area contributed by atoms with Crippen molar-refractivity contribution in [2.75, 3.05) is 11.9 Å². The van der Waals surface area contributed by atoms with Crippen LogP contribution in [0.25, 0.3) is 0 Å². The van der Waals surface area contributed by atoms with Crippen LogP contribution in [0.2, 0.25) is 0 Å². The Kier molecular flexibility index (Phi) is 2.76. The first-order chi connectivity index (χ1) is 7.15. The highest BCUT2D eigenvalue weighted by molar-refractivity contribution is 6.35. The molecule has 0 bridgehead atoms. The van der Waals surface area contributed by atoms with Gasteiger partial charge in [0.15, 0.2) is 0 Å². The molecule has 1 saturated heterocycles. The van der Waals surface area contributed by atoms with Crippen LogP contribution >= 0.6 is 0 Å². The summed E-state index contributed by atoms with van der Waals surface area (Å²) in [7, 11) is -1.20. The van der Waals surface area contributed by atoms with Crippen LogP contribution in [0, 0.1) is 0 Å². The molecule has 0 spiro atoms. The van der Waals surface area contributed by atoms with E-state index >= 15 is 0 Å². The van der Waals surface area contributed by atoms with E-state index in [1.54, 1.807) is 6.07 Å². The summed E-state index contributed by atoms with van der Waals surface area (Å²) >= 11 is 0. The quantitative estimate of drug-likeness (QED) is 0.687. The average molecular weight is 211 g/mol. The van der Waals surface area contributed by atoms with Gasteiger partial charge in [-0.05, 0) is 0 Å². The maximum absolute atomic E-state index is 10.7. The summed E-state index contributed by atoms with van der Waals surface area (Å²) < 4.78 is 15.0. The van der Waals surface area contributed by atoms with Gasteiger partial charge < -0.3 is 24.1 Å². The lowest BCUT2D eigenvalue weighted by Gasteiger charge is -2.02. The minimum absolute atomic E-state index is 0.175. The van der Waals surface area contributed by atoms with Crippen molar-refractivity contribution in [2.45, 2.75) is 13.0 Å². The molecule has 1 amide bonds. The molecule has 6 nitrogen and oxygen atoms in total. The van der Waals surface area contributed by atoms with E-state index < -0.39 is 13.4 Å². The number of rotatable bonds is 2. The molecular formula is C8H10BNO5. The summed E-state index contributed by atoms with van der Waals surface area (Å²) in [5.41, 5.74) is 0.558. The minimum Gasteiger partial charge on any atom is -0.464 e. The Hall–Kier alpha value is -1.31. The fourth-order valence-electron chi connectivity index (χ4n) is 1.33. The van der Waals surface area contributed by atoms with Crippen molar-refractivity contribution >= 4 is 18.9 Å². The molecule has 0 aliphatic carbocycles. The van der Waals surface area contributed by atoms with Crippen LogP contribution < -0.4 is 5.32 Å². The van der Waals surface area contributed by atoms with Gasteiger partial charge in [-0.25, -0.2) is 0 Å². The highest BCUT2D eigenvalue weighted by atomic mass is 16.7. The lowest BCUT2D eigenvalue weighted by Crippen LogP contribution is -2.12. The smallest absolute Gasteiger partial charge is 0.464 e. The molecule has 1 aromatic rings. The van der Waals surface area contributed by atoms with Crippen molar-refractivity contribution in [3.8, 4) is 0 Å². The van der Waals surface area contributed by atoms with Gasteiger partial charge in [0.2, 0.25) is 5.91 Å². The predicted molar refractivity (Wildman–Crippen MR) is 50.8 cm³/mol. The van der Waals surface area contributed by atoms with Crippen LogP contribution in [-0.4, -0.2) is 24.9 Å². The van der Waals surface area contributed by atoms with E-state index in [1.165, 1.54) is 13.2 Å². The van der Waals surface area contributed by atoms with Crippen LogP contribution in [0.3, 0.4) is 0 Å². The third kappa shape index (κ3) is 2.38. The summed E-state index contributed by atoms with van der Waals surface area (Å²) in [6.45, 7) is 1.64. The highest BCUT2D eigenvalue weighted by Gasteiger charge is 2.33. The Morgan fingerprint density at radius 2 is 2.53 bits per heavy atom. The third-order valence-corrected chi connectivity index (χ3v) is 1.93. The van der Waals surface area contributed by atoms with Gasteiger partial charge in [-0.1, -0.05) is 0 Å². The predicted octanol–water partition coefficient (Wildman–Crippen LogP) is 0.303. The van der Waals surface area contributed by atoms with E-state index in [2.05, 4.69) is 5.32 Å². The minimum atomic E-state index is -1.20. The van der Waals surface area contributed by atoms with Crippen LogP contribution in [0.4, 0.5) is 5.69 Å². The molecule has 80 valence electrons. The first-order valence-corrected chi connectivity index (χ1v) is 4.46. The number of carbonyl (C=O) groups excluding carboxylic acids is 1. The fourth-order valence-corrected chi connectivity index (χ4v) is 1.33. The maximum atomic E-state index is 10.7. The van der Waals surface area contributed by atoms with Gasteiger partial charge in [-0.2, -0.15) is 0 Å². The second kappa shape index (κ2) is 4.05. The topological polar surface area (TPSA) is 80.9 Å². The van der Waals surface area contributed by atoms with E-state index in [4.69, 9.17) is 18.7 Å². The van der Waals surface area contributed by atoms with Crippen LogP contribution in [0.5, 0.6) is 0 Å². The average Bonchev–Trinajstić information content (AvgIpc) is 2.72. The summed E-state index contributed by atoms with van der Waals surface area (Å²) in [6.07, 6.45) is 0.979. The molecule has 2 N–H and O–H groups in total. The highest BCUT2D eigenvalue weighted by Crippen LogP contribution is 2.27. The normalized spacial score (nSPS) is 20.7. The lowest BCUT2D eigenvalue weighted by atomic mass is 10.2. The van der Waals surface area contributed by atoms with Gasteiger partial charge in [0.05, 0.1) is 12.3 Å². The lowest BCUT2D eigenvalue weighted by molar-refractivity contribution is -0.114. The zero-order valence-electron chi connectivity index (χ0n) is 8.10. The Balaban J connectivity index is 2.03. The molecule has 1 aliphatic heterocycles. The Labute approximate surface area is 86.3 Å². The van der Waals surface area contributed by atoms with Crippen molar-refractivity contribution in [3.63, 3.8) is 0 Å². The molecule has 0 aromatic carbocycles. The molecule has 0 saturated carbocycles. The summed E-state index contributed by atoms with van der Waals surface area (Å²) in [5, 5.41) is 11.5.